The largest absolute Gasteiger partial charge is 0.394 e. The molecule has 0 radical (unpaired) electrons. The summed E-state index contributed by atoms with van der Waals surface area (Å²) in [7, 11) is 0. The van der Waals surface area contributed by atoms with Crippen molar-refractivity contribution in [3.8, 4) is 0 Å². The molecule has 0 fully saturated rings. The molecular formula is C40H54O4. The van der Waals surface area contributed by atoms with Crippen LogP contribution in [0.3, 0.4) is 0 Å². The molecule has 0 aromatic heterocycles. The van der Waals surface area contributed by atoms with E-state index in [1.165, 1.54) is 57.8 Å². The van der Waals surface area contributed by atoms with Crippen LogP contribution in [0.15, 0.2) is 97.1 Å². The number of aliphatic hydroxyl groups excluding tert-OH is 3. The van der Waals surface area contributed by atoms with Crippen LogP contribution in [-0.4, -0.2) is 39.9 Å². The minimum absolute atomic E-state index is 0.0279. The summed E-state index contributed by atoms with van der Waals surface area (Å²) >= 11 is 0. The van der Waals surface area contributed by atoms with Crippen LogP contribution in [0.1, 0.15) is 124 Å². The van der Waals surface area contributed by atoms with Gasteiger partial charge in [-0.3, -0.25) is 4.79 Å². The SMILES string of the molecule is CCCCCCCC/C=C\CCCCCCCC(=O)c1ccccc1C(c1ccccc1)(c1ccccc1)C(O)C(O)CO. The van der Waals surface area contributed by atoms with Gasteiger partial charge in [0.05, 0.1) is 18.1 Å². The van der Waals surface area contributed by atoms with Crippen molar-refractivity contribution in [2.45, 2.75) is 114 Å². The number of carbonyl (C=O) groups is 1. The van der Waals surface area contributed by atoms with Gasteiger partial charge in [0, 0.05) is 12.0 Å². The number of ketones is 1. The number of allylic oxidation sites excluding steroid dienone is 2. The first-order valence-electron chi connectivity index (χ1n) is 16.9. The molecule has 44 heavy (non-hydrogen) atoms. The molecule has 2 atom stereocenters. The maximum Gasteiger partial charge on any atom is 0.163 e. The Morgan fingerprint density at radius 2 is 1.14 bits per heavy atom. The van der Waals surface area contributed by atoms with Crippen molar-refractivity contribution in [2.24, 2.45) is 0 Å². The zero-order chi connectivity index (χ0) is 31.5. The molecule has 3 aromatic carbocycles. The number of carbonyl (C=O) groups excluding carboxylic acids is 1. The Balaban J connectivity index is 1.64. The predicted octanol–water partition coefficient (Wildman–Crippen LogP) is 8.96. The molecule has 3 N–H and O–H groups in total. The van der Waals surface area contributed by atoms with Crippen LogP contribution in [0.2, 0.25) is 0 Å². The van der Waals surface area contributed by atoms with Gasteiger partial charge in [-0.15, -0.1) is 0 Å². The second kappa shape index (κ2) is 20.1. The highest BCUT2D eigenvalue weighted by Crippen LogP contribution is 2.45. The first-order valence-corrected chi connectivity index (χ1v) is 16.9. The molecule has 4 nitrogen and oxygen atoms in total. The standard InChI is InChI=1S/C40H54O4/c1-2-3-4-5-6-7-8-9-10-11-12-13-14-15-22-31-37(42)35-29-23-24-30-36(35)40(39(44)38(43)32-41,33-25-18-16-19-26-33)34-27-20-17-21-28-34/h9-10,16-21,23-30,38-39,41,43-44H,2-8,11-15,22,31-32H2,1H3/b10-9-. The molecule has 3 aromatic rings. The zero-order valence-corrected chi connectivity index (χ0v) is 26.7. The smallest absolute Gasteiger partial charge is 0.163 e. The summed E-state index contributed by atoms with van der Waals surface area (Å²) in [5.41, 5.74) is 1.40. The molecule has 0 saturated carbocycles. The van der Waals surface area contributed by atoms with Crippen LogP contribution >= 0.6 is 0 Å². The van der Waals surface area contributed by atoms with Crippen molar-refractivity contribution in [3.63, 3.8) is 0 Å². The van der Waals surface area contributed by atoms with Crippen LogP contribution < -0.4 is 0 Å². The Bertz CT molecular complexity index is 1180. The molecule has 0 spiro atoms. The molecule has 0 aliphatic heterocycles. The van der Waals surface area contributed by atoms with Crippen molar-refractivity contribution in [2.75, 3.05) is 6.61 Å². The highest BCUT2D eigenvalue weighted by Gasteiger charge is 2.47. The van der Waals surface area contributed by atoms with Crippen molar-refractivity contribution in [1.29, 1.82) is 0 Å². The summed E-state index contributed by atoms with van der Waals surface area (Å²) in [5.74, 6) is 0.0279. The highest BCUT2D eigenvalue weighted by molar-refractivity contribution is 5.98. The maximum atomic E-state index is 13.8. The molecule has 2 unspecified atom stereocenters. The monoisotopic (exact) mass is 598 g/mol. The van der Waals surface area contributed by atoms with E-state index in [2.05, 4.69) is 19.1 Å². The van der Waals surface area contributed by atoms with E-state index in [-0.39, 0.29) is 5.78 Å². The predicted molar refractivity (Wildman–Crippen MR) is 182 cm³/mol. The Morgan fingerprint density at radius 1 is 0.659 bits per heavy atom. The van der Waals surface area contributed by atoms with Crippen molar-refractivity contribution >= 4 is 5.78 Å². The summed E-state index contributed by atoms with van der Waals surface area (Å²) in [6.07, 6.45) is 18.0. The van der Waals surface area contributed by atoms with Gasteiger partial charge in [0.1, 0.15) is 6.10 Å². The van der Waals surface area contributed by atoms with E-state index in [4.69, 9.17) is 0 Å². The van der Waals surface area contributed by atoms with Crippen LogP contribution in [0.4, 0.5) is 0 Å². The lowest BCUT2D eigenvalue weighted by atomic mass is 9.63. The van der Waals surface area contributed by atoms with Gasteiger partial charge in [-0.2, -0.15) is 0 Å². The normalized spacial score (nSPS) is 13.3. The van der Waals surface area contributed by atoms with E-state index in [0.29, 0.717) is 17.5 Å². The lowest BCUT2D eigenvalue weighted by Crippen LogP contribution is -2.50. The molecular weight excluding hydrogens is 544 g/mol. The minimum atomic E-state index is -1.41. The van der Waals surface area contributed by atoms with Gasteiger partial charge in [-0.1, -0.05) is 155 Å². The fourth-order valence-electron chi connectivity index (χ4n) is 6.33. The molecule has 0 saturated heterocycles. The Hall–Kier alpha value is -3.05. The number of hydrogen-bond donors (Lipinski definition) is 3. The summed E-state index contributed by atoms with van der Waals surface area (Å²) in [6.45, 7) is 1.65. The van der Waals surface area contributed by atoms with E-state index in [1.807, 2.05) is 84.9 Å². The number of Topliss-reactive ketones (excluding diaryl/α,β-unsaturated/α-hetero) is 1. The van der Waals surface area contributed by atoms with Crippen molar-refractivity contribution in [1.82, 2.24) is 0 Å². The molecule has 0 heterocycles. The topological polar surface area (TPSA) is 77.8 Å². The fourth-order valence-corrected chi connectivity index (χ4v) is 6.33. The third kappa shape index (κ3) is 9.99. The molecule has 0 aliphatic rings. The van der Waals surface area contributed by atoms with Gasteiger partial charge < -0.3 is 15.3 Å². The zero-order valence-electron chi connectivity index (χ0n) is 26.7. The Morgan fingerprint density at radius 3 is 1.68 bits per heavy atom. The van der Waals surface area contributed by atoms with Crippen LogP contribution in [-0.2, 0) is 5.41 Å². The van der Waals surface area contributed by atoms with Crippen LogP contribution in [0.25, 0.3) is 0 Å². The number of benzene rings is 3. The van der Waals surface area contributed by atoms with Gasteiger partial charge in [-0.05, 0) is 48.8 Å². The molecule has 238 valence electrons. The summed E-state index contributed by atoms with van der Waals surface area (Å²) in [5, 5.41) is 32.5. The molecule has 4 heteroatoms. The van der Waals surface area contributed by atoms with Crippen LogP contribution in [0, 0.1) is 0 Å². The summed E-state index contributed by atoms with van der Waals surface area (Å²) < 4.78 is 0. The van der Waals surface area contributed by atoms with E-state index >= 15 is 0 Å². The average molecular weight is 599 g/mol. The summed E-state index contributed by atoms with van der Waals surface area (Å²) in [4.78, 5) is 13.8. The summed E-state index contributed by atoms with van der Waals surface area (Å²) in [6, 6.07) is 26.4. The second-order valence-electron chi connectivity index (χ2n) is 12.0. The quantitative estimate of drug-likeness (QED) is 0.0467. The third-order valence-corrected chi connectivity index (χ3v) is 8.77. The maximum absolute atomic E-state index is 13.8. The second-order valence-corrected chi connectivity index (χ2v) is 12.0. The third-order valence-electron chi connectivity index (χ3n) is 8.77. The number of unbranched alkanes of at least 4 members (excludes halogenated alkanes) is 11. The van der Waals surface area contributed by atoms with Gasteiger partial charge in [0.2, 0.25) is 0 Å². The lowest BCUT2D eigenvalue weighted by Gasteiger charge is -2.42. The van der Waals surface area contributed by atoms with Crippen molar-refractivity contribution < 1.29 is 20.1 Å². The first-order chi connectivity index (χ1) is 21.6. The minimum Gasteiger partial charge on any atom is -0.394 e. The van der Waals surface area contributed by atoms with E-state index in [1.54, 1.807) is 0 Å². The van der Waals surface area contributed by atoms with Gasteiger partial charge in [0.25, 0.3) is 0 Å². The highest BCUT2D eigenvalue weighted by atomic mass is 16.4. The molecule has 0 bridgehead atoms. The molecule has 0 amide bonds. The van der Waals surface area contributed by atoms with E-state index < -0.39 is 24.2 Å². The van der Waals surface area contributed by atoms with Crippen LogP contribution in [0.5, 0.6) is 0 Å². The molecule has 0 aliphatic carbocycles. The fraction of sp³-hybridized carbons (Fsp3) is 0.475. The number of aliphatic hydroxyl groups is 3. The van der Waals surface area contributed by atoms with Gasteiger partial charge >= 0.3 is 0 Å². The Kier molecular flexibility index (Phi) is 16.2. The number of hydrogen-bond acceptors (Lipinski definition) is 4. The lowest BCUT2D eigenvalue weighted by molar-refractivity contribution is -0.0374. The van der Waals surface area contributed by atoms with Gasteiger partial charge in [0.15, 0.2) is 5.78 Å². The van der Waals surface area contributed by atoms with Gasteiger partial charge in [-0.25, -0.2) is 0 Å². The average Bonchev–Trinajstić information content (AvgIpc) is 3.07. The first kappa shape index (κ1) is 35.4. The number of rotatable bonds is 22. The van der Waals surface area contributed by atoms with E-state index in [0.717, 1.165) is 36.8 Å². The van der Waals surface area contributed by atoms with E-state index in [9.17, 15) is 20.1 Å². The van der Waals surface area contributed by atoms with Crippen molar-refractivity contribution in [3.05, 3.63) is 119 Å². The molecule has 3 rings (SSSR count). The Labute approximate surface area is 265 Å².